The lowest BCUT2D eigenvalue weighted by atomic mass is 10.2. The van der Waals surface area contributed by atoms with Crippen molar-refractivity contribution >= 4 is 26.6 Å². The number of sulfonamides is 1. The van der Waals surface area contributed by atoms with E-state index in [1.165, 1.54) is 21.0 Å². The molecule has 0 N–H and O–H groups in total. The van der Waals surface area contributed by atoms with Crippen LogP contribution in [0.5, 0.6) is 0 Å². The molecule has 152 valence electrons. The number of fused-ring (bicyclic) bond motifs is 1. The van der Waals surface area contributed by atoms with Crippen LogP contribution in [0.25, 0.3) is 10.9 Å². The average molecular weight is 416 g/mol. The molecule has 1 unspecified atom stereocenters. The van der Waals surface area contributed by atoms with Gasteiger partial charge in [-0.05, 0) is 31.2 Å². The highest BCUT2D eigenvalue weighted by molar-refractivity contribution is 7.89. The molecule has 1 atom stereocenters. The standard InChI is InChI=1S/C19H20N4O5S/c1-4-22(29(27,28)15-11-9-14(10-12-15)23(25)26)13(2)18-20-17-8-6-5-7-16(17)19(24)21(18)3/h5-13H,4H2,1-3H3. The smallest absolute Gasteiger partial charge is 0.269 e. The van der Waals surface area contributed by atoms with Crippen LogP contribution in [0.15, 0.2) is 58.2 Å². The number of nitrogens with zero attached hydrogens (tertiary/aromatic N) is 4. The van der Waals surface area contributed by atoms with Gasteiger partial charge in [-0.1, -0.05) is 19.1 Å². The number of nitro groups is 1. The van der Waals surface area contributed by atoms with E-state index in [9.17, 15) is 23.3 Å². The van der Waals surface area contributed by atoms with Crippen LogP contribution in [0.2, 0.25) is 0 Å². The Morgan fingerprint density at radius 1 is 1.17 bits per heavy atom. The molecular weight excluding hydrogens is 396 g/mol. The average Bonchev–Trinajstić information content (AvgIpc) is 2.71. The summed E-state index contributed by atoms with van der Waals surface area (Å²) in [6.45, 7) is 3.46. The van der Waals surface area contributed by atoms with E-state index in [4.69, 9.17) is 0 Å². The fourth-order valence-electron chi connectivity index (χ4n) is 3.26. The molecule has 0 fully saturated rings. The Kier molecular flexibility index (Phi) is 5.49. The monoisotopic (exact) mass is 416 g/mol. The fourth-order valence-corrected chi connectivity index (χ4v) is 4.87. The highest BCUT2D eigenvalue weighted by Gasteiger charge is 2.31. The van der Waals surface area contributed by atoms with Crippen LogP contribution in [0.4, 0.5) is 5.69 Å². The molecule has 0 aliphatic carbocycles. The Labute approximate surface area is 167 Å². The van der Waals surface area contributed by atoms with Crippen LogP contribution < -0.4 is 5.56 Å². The lowest BCUT2D eigenvalue weighted by molar-refractivity contribution is -0.384. The molecule has 9 nitrogen and oxygen atoms in total. The van der Waals surface area contributed by atoms with Crippen molar-refractivity contribution in [3.8, 4) is 0 Å². The minimum absolute atomic E-state index is 0.0670. The molecular formula is C19H20N4O5S. The van der Waals surface area contributed by atoms with Gasteiger partial charge in [-0.25, -0.2) is 13.4 Å². The van der Waals surface area contributed by atoms with E-state index < -0.39 is 21.0 Å². The van der Waals surface area contributed by atoms with E-state index in [1.807, 2.05) is 0 Å². The maximum absolute atomic E-state index is 13.2. The second-order valence-corrected chi connectivity index (χ2v) is 8.38. The summed E-state index contributed by atoms with van der Waals surface area (Å²) in [5.74, 6) is 0.307. The Hall–Kier alpha value is -3.11. The van der Waals surface area contributed by atoms with Gasteiger partial charge in [0.15, 0.2) is 0 Å². The third-order valence-electron chi connectivity index (χ3n) is 4.79. The SMILES string of the molecule is CCN(C(C)c1nc2ccccc2c(=O)n1C)S(=O)(=O)c1ccc([N+](=O)[O-])cc1. The summed E-state index contributed by atoms with van der Waals surface area (Å²) in [6, 6.07) is 10.8. The van der Waals surface area contributed by atoms with Crippen molar-refractivity contribution in [2.75, 3.05) is 6.54 Å². The molecule has 0 saturated carbocycles. The molecule has 0 aliphatic heterocycles. The summed E-state index contributed by atoms with van der Waals surface area (Å²) < 4.78 is 28.9. The van der Waals surface area contributed by atoms with Gasteiger partial charge < -0.3 is 0 Å². The molecule has 0 amide bonds. The van der Waals surface area contributed by atoms with Crippen LogP contribution in [0.1, 0.15) is 25.7 Å². The van der Waals surface area contributed by atoms with E-state index >= 15 is 0 Å². The molecule has 0 saturated heterocycles. The molecule has 0 radical (unpaired) electrons. The van der Waals surface area contributed by atoms with Gasteiger partial charge in [-0.3, -0.25) is 19.5 Å². The van der Waals surface area contributed by atoms with Crippen molar-refractivity contribution in [3.63, 3.8) is 0 Å². The summed E-state index contributed by atoms with van der Waals surface area (Å²) in [4.78, 5) is 27.4. The minimum atomic E-state index is -3.97. The topological polar surface area (TPSA) is 115 Å². The summed E-state index contributed by atoms with van der Waals surface area (Å²) in [5, 5.41) is 11.3. The first-order chi connectivity index (χ1) is 13.7. The zero-order valence-electron chi connectivity index (χ0n) is 16.1. The Morgan fingerprint density at radius 3 is 2.38 bits per heavy atom. The van der Waals surface area contributed by atoms with Gasteiger partial charge in [-0.15, -0.1) is 0 Å². The lowest BCUT2D eigenvalue weighted by Gasteiger charge is -2.28. The molecule has 1 aromatic heterocycles. The van der Waals surface area contributed by atoms with Gasteiger partial charge in [-0.2, -0.15) is 4.31 Å². The number of hydrogen-bond acceptors (Lipinski definition) is 6. The Bertz CT molecular complexity index is 1240. The van der Waals surface area contributed by atoms with Crippen LogP contribution in [-0.4, -0.2) is 33.7 Å². The van der Waals surface area contributed by atoms with Crippen molar-refractivity contribution in [1.29, 1.82) is 0 Å². The van der Waals surface area contributed by atoms with E-state index in [0.29, 0.717) is 16.7 Å². The zero-order chi connectivity index (χ0) is 21.3. The Balaban J connectivity index is 2.08. The third kappa shape index (κ3) is 3.64. The molecule has 3 aromatic rings. The first kappa shape index (κ1) is 20.6. The van der Waals surface area contributed by atoms with Gasteiger partial charge in [0.1, 0.15) is 5.82 Å². The van der Waals surface area contributed by atoms with E-state index in [1.54, 1.807) is 45.2 Å². The Morgan fingerprint density at radius 2 is 1.79 bits per heavy atom. The maximum Gasteiger partial charge on any atom is 0.269 e. The van der Waals surface area contributed by atoms with E-state index in [2.05, 4.69) is 4.98 Å². The van der Waals surface area contributed by atoms with Gasteiger partial charge in [0.05, 0.1) is 26.8 Å². The number of benzene rings is 2. The zero-order valence-corrected chi connectivity index (χ0v) is 17.0. The summed E-state index contributed by atoms with van der Waals surface area (Å²) >= 11 is 0. The summed E-state index contributed by atoms with van der Waals surface area (Å²) in [7, 11) is -2.41. The maximum atomic E-state index is 13.2. The third-order valence-corrected chi connectivity index (χ3v) is 6.85. The van der Waals surface area contributed by atoms with Crippen molar-refractivity contribution in [2.45, 2.75) is 24.8 Å². The lowest BCUT2D eigenvalue weighted by Crippen LogP contribution is -2.37. The van der Waals surface area contributed by atoms with Crippen molar-refractivity contribution in [1.82, 2.24) is 13.9 Å². The normalized spacial score (nSPS) is 13.0. The molecule has 10 heteroatoms. The van der Waals surface area contributed by atoms with Gasteiger partial charge in [0.2, 0.25) is 10.0 Å². The molecule has 3 rings (SSSR count). The number of para-hydroxylation sites is 1. The molecule has 2 aromatic carbocycles. The number of hydrogen-bond donors (Lipinski definition) is 0. The molecule has 0 aliphatic rings. The van der Waals surface area contributed by atoms with E-state index in [0.717, 1.165) is 12.1 Å². The summed E-state index contributed by atoms with van der Waals surface area (Å²) in [6.07, 6.45) is 0. The van der Waals surface area contributed by atoms with Crippen molar-refractivity contribution in [3.05, 3.63) is 74.8 Å². The van der Waals surface area contributed by atoms with Crippen LogP contribution in [0, 0.1) is 10.1 Å². The molecule has 29 heavy (non-hydrogen) atoms. The van der Waals surface area contributed by atoms with E-state index in [-0.39, 0.29) is 22.7 Å². The number of nitro benzene ring substituents is 1. The first-order valence-corrected chi connectivity index (χ1v) is 10.3. The van der Waals surface area contributed by atoms with Gasteiger partial charge in [0, 0.05) is 25.7 Å². The number of rotatable bonds is 6. The van der Waals surface area contributed by atoms with Crippen LogP contribution in [-0.2, 0) is 17.1 Å². The summed E-state index contributed by atoms with van der Waals surface area (Å²) in [5.41, 5.74) is 0.0288. The number of non-ortho nitro benzene ring substituents is 1. The highest BCUT2D eigenvalue weighted by Crippen LogP contribution is 2.27. The molecule has 0 bridgehead atoms. The second-order valence-electron chi connectivity index (χ2n) is 6.49. The van der Waals surface area contributed by atoms with Gasteiger partial charge >= 0.3 is 0 Å². The molecule has 1 heterocycles. The van der Waals surface area contributed by atoms with Gasteiger partial charge in [0.25, 0.3) is 11.2 Å². The highest BCUT2D eigenvalue weighted by atomic mass is 32.2. The quantitative estimate of drug-likeness (QED) is 0.451. The number of aromatic nitrogens is 2. The molecule has 0 spiro atoms. The minimum Gasteiger partial charge on any atom is -0.298 e. The predicted octanol–water partition coefficient (Wildman–Crippen LogP) is 2.61. The second kappa shape index (κ2) is 7.72. The van der Waals surface area contributed by atoms with Crippen LogP contribution in [0.3, 0.4) is 0 Å². The largest absolute Gasteiger partial charge is 0.298 e. The van der Waals surface area contributed by atoms with Crippen molar-refractivity contribution < 1.29 is 13.3 Å². The first-order valence-electron chi connectivity index (χ1n) is 8.90. The fraction of sp³-hybridized carbons (Fsp3) is 0.263. The van der Waals surface area contributed by atoms with Crippen LogP contribution >= 0.6 is 0 Å². The predicted molar refractivity (Wildman–Crippen MR) is 108 cm³/mol. The van der Waals surface area contributed by atoms with Crippen molar-refractivity contribution in [2.24, 2.45) is 7.05 Å².